The van der Waals surface area contributed by atoms with Crippen molar-refractivity contribution in [3.63, 3.8) is 0 Å². The van der Waals surface area contributed by atoms with Crippen molar-refractivity contribution in [2.24, 2.45) is 5.92 Å². The number of furan rings is 1. The standard InChI is InChI=1S/C17H20O3/c18-16(12-6-9-20-17(10-12)7-3-8-17)14-11-19-15-5-2-1-4-13(14)15/h1-2,4-5,11-12,16,18H,3,6-10H2. The van der Waals surface area contributed by atoms with E-state index in [9.17, 15) is 5.11 Å². The van der Waals surface area contributed by atoms with Gasteiger partial charge in [0.2, 0.25) is 0 Å². The lowest BCUT2D eigenvalue weighted by atomic mass is 9.70. The molecule has 0 radical (unpaired) electrons. The van der Waals surface area contributed by atoms with Crippen LogP contribution in [0.1, 0.15) is 43.8 Å². The first-order valence-electron chi connectivity index (χ1n) is 7.56. The number of hydrogen-bond donors (Lipinski definition) is 1. The average Bonchev–Trinajstić information content (AvgIpc) is 2.89. The zero-order valence-electron chi connectivity index (χ0n) is 11.5. The van der Waals surface area contributed by atoms with E-state index < -0.39 is 6.10 Å². The van der Waals surface area contributed by atoms with Crippen molar-refractivity contribution in [3.8, 4) is 0 Å². The molecule has 2 fully saturated rings. The maximum Gasteiger partial charge on any atom is 0.134 e. The molecule has 106 valence electrons. The number of rotatable bonds is 2. The number of hydrogen-bond acceptors (Lipinski definition) is 3. The Morgan fingerprint density at radius 3 is 2.90 bits per heavy atom. The van der Waals surface area contributed by atoms with Crippen LogP contribution in [0.2, 0.25) is 0 Å². The van der Waals surface area contributed by atoms with Crippen LogP contribution in [0.5, 0.6) is 0 Å². The molecule has 1 aliphatic heterocycles. The molecule has 3 nitrogen and oxygen atoms in total. The minimum absolute atomic E-state index is 0.0729. The molecule has 3 heteroatoms. The Kier molecular flexibility index (Phi) is 2.86. The maximum absolute atomic E-state index is 10.8. The zero-order valence-corrected chi connectivity index (χ0v) is 11.5. The predicted octanol–water partition coefficient (Wildman–Crippen LogP) is 3.82. The number of para-hydroxylation sites is 1. The molecule has 2 heterocycles. The van der Waals surface area contributed by atoms with E-state index in [-0.39, 0.29) is 11.5 Å². The Labute approximate surface area is 118 Å². The molecule has 4 rings (SSSR count). The third-order valence-corrected chi connectivity index (χ3v) is 5.07. The molecular formula is C17H20O3. The first-order chi connectivity index (χ1) is 9.77. The van der Waals surface area contributed by atoms with Crippen molar-refractivity contribution >= 4 is 11.0 Å². The van der Waals surface area contributed by atoms with Crippen molar-refractivity contribution in [3.05, 3.63) is 36.1 Å². The van der Waals surface area contributed by atoms with E-state index in [0.29, 0.717) is 0 Å². The lowest BCUT2D eigenvalue weighted by Crippen LogP contribution is -2.46. The molecule has 2 aromatic rings. The van der Waals surface area contributed by atoms with Gasteiger partial charge in [0.15, 0.2) is 0 Å². The number of fused-ring (bicyclic) bond motifs is 1. The van der Waals surface area contributed by atoms with Gasteiger partial charge in [-0.3, -0.25) is 0 Å². The number of benzene rings is 1. The van der Waals surface area contributed by atoms with Crippen LogP contribution in [0.15, 0.2) is 34.9 Å². The summed E-state index contributed by atoms with van der Waals surface area (Å²) in [4.78, 5) is 0. The minimum atomic E-state index is -0.444. The van der Waals surface area contributed by atoms with Gasteiger partial charge in [-0.1, -0.05) is 18.2 Å². The molecule has 1 aromatic heterocycles. The molecule has 2 atom stereocenters. The van der Waals surface area contributed by atoms with Crippen LogP contribution in [-0.4, -0.2) is 17.3 Å². The highest BCUT2D eigenvalue weighted by molar-refractivity contribution is 5.81. The SMILES string of the molecule is OC(c1coc2ccccc12)C1CCOC2(CCC2)C1. The Morgan fingerprint density at radius 2 is 2.10 bits per heavy atom. The molecular weight excluding hydrogens is 252 g/mol. The quantitative estimate of drug-likeness (QED) is 0.903. The Morgan fingerprint density at radius 1 is 1.25 bits per heavy atom. The number of aliphatic hydroxyl groups is 1. The van der Waals surface area contributed by atoms with Crippen LogP contribution >= 0.6 is 0 Å². The van der Waals surface area contributed by atoms with Gasteiger partial charge in [-0.25, -0.2) is 0 Å². The molecule has 1 saturated heterocycles. The van der Waals surface area contributed by atoms with Crippen LogP contribution in [0, 0.1) is 5.92 Å². The lowest BCUT2D eigenvalue weighted by molar-refractivity contribution is -0.157. The fourth-order valence-electron chi connectivity index (χ4n) is 3.74. The predicted molar refractivity (Wildman–Crippen MR) is 76.4 cm³/mol. The van der Waals surface area contributed by atoms with Crippen LogP contribution in [0.3, 0.4) is 0 Å². The van der Waals surface area contributed by atoms with Crippen molar-refractivity contribution in [2.45, 2.75) is 43.8 Å². The molecule has 1 aliphatic carbocycles. The van der Waals surface area contributed by atoms with Crippen LogP contribution in [-0.2, 0) is 4.74 Å². The van der Waals surface area contributed by atoms with E-state index in [4.69, 9.17) is 9.15 Å². The molecule has 2 aliphatic rings. The monoisotopic (exact) mass is 272 g/mol. The normalized spacial score (nSPS) is 26.6. The van der Waals surface area contributed by atoms with Gasteiger partial charge < -0.3 is 14.3 Å². The summed E-state index contributed by atoms with van der Waals surface area (Å²) in [6.07, 6.45) is 6.76. The number of ether oxygens (including phenoxy) is 1. The minimum Gasteiger partial charge on any atom is -0.464 e. The summed E-state index contributed by atoms with van der Waals surface area (Å²) < 4.78 is 11.5. The van der Waals surface area contributed by atoms with Crippen molar-refractivity contribution < 1.29 is 14.3 Å². The molecule has 1 spiro atoms. The van der Waals surface area contributed by atoms with Gasteiger partial charge in [0.25, 0.3) is 0 Å². The van der Waals surface area contributed by atoms with E-state index >= 15 is 0 Å². The smallest absolute Gasteiger partial charge is 0.134 e. The lowest BCUT2D eigenvalue weighted by Gasteiger charge is -2.48. The summed E-state index contributed by atoms with van der Waals surface area (Å²) in [7, 11) is 0. The van der Waals surface area contributed by atoms with E-state index in [1.807, 2.05) is 24.3 Å². The Bertz CT molecular complexity index is 611. The second-order valence-electron chi connectivity index (χ2n) is 6.27. The van der Waals surface area contributed by atoms with Gasteiger partial charge >= 0.3 is 0 Å². The van der Waals surface area contributed by atoms with E-state index in [0.717, 1.165) is 48.8 Å². The average molecular weight is 272 g/mol. The van der Waals surface area contributed by atoms with E-state index in [2.05, 4.69) is 0 Å². The largest absolute Gasteiger partial charge is 0.464 e. The second-order valence-corrected chi connectivity index (χ2v) is 6.27. The highest BCUT2D eigenvalue weighted by Crippen LogP contribution is 2.47. The summed E-state index contributed by atoms with van der Waals surface area (Å²) in [5, 5.41) is 11.8. The fourth-order valence-corrected chi connectivity index (χ4v) is 3.74. The van der Waals surface area contributed by atoms with Crippen LogP contribution < -0.4 is 0 Å². The summed E-state index contributed by atoms with van der Waals surface area (Å²) in [5.41, 5.74) is 1.86. The first kappa shape index (κ1) is 12.4. The van der Waals surface area contributed by atoms with Crippen LogP contribution in [0.25, 0.3) is 11.0 Å². The molecule has 20 heavy (non-hydrogen) atoms. The van der Waals surface area contributed by atoms with Gasteiger partial charge in [-0.2, -0.15) is 0 Å². The maximum atomic E-state index is 10.8. The Hall–Kier alpha value is -1.32. The summed E-state index contributed by atoms with van der Waals surface area (Å²) in [5.74, 6) is 0.282. The summed E-state index contributed by atoms with van der Waals surface area (Å²) in [6.45, 7) is 0.775. The summed E-state index contributed by atoms with van der Waals surface area (Å²) >= 11 is 0. The zero-order chi connectivity index (χ0) is 13.6. The highest BCUT2D eigenvalue weighted by Gasteiger charge is 2.44. The van der Waals surface area contributed by atoms with Gasteiger partial charge in [0, 0.05) is 17.6 Å². The van der Waals surface area contributed by atoms with Gasteiger partial charge in [0.05, 0.1) is 18.0 Å². The van der Waals surface area contributed by atoms with Gasteiger partial charge in [-0.15, -0.1) is 0 Å². The van der Waals surface area contributed by atoms with Gasteiger partial charge in [-0.05, 0) is 44.1 Å². The second kappa shape index (κ2) is 4.61. The van der Waals surface area contributed by atoms with Crippen molar-refractivity contribution in [2.75, 3.05) is 6.61 Å². The topological polar surface area (TPSA) is 42.6 Å². The Balaban J connectivity index is 1.61. The molecule has 1 aromatic carbocycles. The third kappa shape index (κ3) is 1.88. The number of aliphatic hydroxyl groups excluding tert-OH is 1. The van der Waals surface area contributed by atoms with E-state index in [1.54, 1.807) is 6.26 Å². The summed E-state index contributed by atoms with van der Waals surface area (Å²) in [6, 6.07) is 7.92. The molecule has 1 N–H and O–H groups in total. The molecule has 1 saturated carbocycles. The molecule has 2 unspecified atom stereocenters. The van der Waals surface area contributed by atoms with Gasteiger partial charge in [0.1, 0.15) is 5.58 Å². The first-order valence-corrected chi connectivity index (χ1v) is 7.56. The molecule has 0 amide bonds. The van der Waals surface area contributed by atoms with Crippen LogP contribution in [0.4, 0.5) is 0 Å². The molecule has 0 bridgehead atoms. The van der Waals surface area contributed by atoms with Crippen molar-refractivity contribution in [1.29, 1.82) is 0 Å². The third-order valence-electron chi connectivity index (χ3n) is 5.07. The highest BCUT2D eigenvalue weighted by atomic mass is 16.5. The van der Waals surface area contributed by atoms with E-state index in [1.165, 1.54) is 6.42 Å². The fraction of sp³-hybridized carbons (Fsp3) is 0.529. The van der Waals surface area contributed by atoms with Crippen molar-refractivity contribution in [1.82, 2.24) is 0 Å².